The quantitative estimate of drug-likeness (QED) is 0.603. The van der Waals surface area contributed by atoms with Gasteiger partial charge in [0, 0.05) is 25.8 Å². The van der Waals surface area contributed by atoms with Crippen LogP contribution < -0.4 is 11.1 Å². The number of nitrogens with two attached hydrogens (primary N) is 1. The maximum absolute atomic E-state index is 11.6. The molecule has 0 unspecified atom stereocenters. The molecule has 1 aliphatic rings. The third-order valence-electron chi connectivity index (χ3n) is 3.43. The summed E-state index contributed by atoms with van der Waals surface area (Å²) in [4.78, 5) is 24.7. The number of nitrogens with one attached hydrogen (secondary N) is 1. The lowest BCUT2D eigenvalue weighted by Gasteiger charge is -2.14. The number of primary amides is 1. The normalized spacial score (nSPS) is 17.8. The summed E-state index contributed by atoms with van der Waals surface area (Å²) in [5.74, 6) is -0.345. The molecule has 0 aromatic carbocycles. The number of hydrogen-bond donors (Lipinski definition) is 3. The van der Waals surface area contributed by atoms with Gasteiger partial charge in [-0.15, -0.1) is 0 Å². The van der Waals surface area contributed by atoms with Crippen LogP contribution in [0, 0.1) is 0 Å². The predicted octanol–water partition coefficient (Wildman–Crippen LogP) is -0.654. The Kier molecular flexibility index (Phi) is 4.59. The third kappa shape index (κ3) is 3.22. The van der Waals surface area contributed by atoms with Crippen molar-refractivity contribution in [3.8, 4) is 0 Å². The lowest BCUT2D eigenvalue weighted by molar-refractivity contribution is -0.125. The minimum absolute atomic E-state index is 0.00308. The molecule has 0 bridgehead atoms. The molecule has 0 spiro atoms. The van der Waals surface area contributed by atoms with E-state index in [2.05, 4.69) is 17.0 Å². The number of nitrogens with zero attached hydrogens (tertiary/aromatic N) is 3. The Balaban J connectivity index is 2.15. The van der Waals surface area contributed by atoms with Gasteiger partial charge in [-0.05, 0) is 12.5 Å². The van der Waals surface area contributed by atoms with Crippen molar-refractivity contribution < 1.29 is 14.7 Å². The maximum Gasteiger partial charge on any atom is 0.254 e. The van der Waals surface area contributed by atoms with Crippen LogP contribution in [0.4, 0.5) is 5.82 Å². The highest BCUT2D eigenvalue weighted by Gasteiger charge is 2.28. The van der Waals surface area contributed by atoms with E-state index < -0.39 is 5.91 Å². The number of rotatable bonds is 6. The van der Waals surface area contributed by atoms with Crippen molar-refractivity contribution in [2.24, 2.45) is 5.73 Å². The minimum Gasteiger partial charge on any atom is -0.395 e. The molecule has 1 aliphatic heterocycles. The molecule has 0 radical (unpaired) electrons. The van der Waals surface area contributed by atoms with Crippen LogP contribution in [-0.2, 0) is 4.79 Å². The van der Waals surface area contributed by atoms with E-state index in [0.29, 0.717) is 18.9 Å². The number of amides is 2. The van der Waals surface area contributed by atoms with Crippen molar-refractivity contribution in [2.75, 3.05) is 31.6 Å². The molecule has 1 fully saturated rings. The number of likely N-dealkylation sites (tertiary alicyclic amines) is 1. The first kappa shape index (κ1) is 15.0. The van der Waals surface area contributed by atoms with Gasteiger partial charge in [0.2, 0.25) is 5.91 Å². The van der Waals surface area contributed by atoms with Crippen molar-refractivity contribution in [1.29, 1.82) is 0 Å². The molecule has 1 atom stereocenters. The highest BCUT2D eigenvalue weighted by molar-refractivity contribution is 5.97. The maximum atomic E-state index is 11.6. The van der Waals surface area contributed by atoms with E-state index >= 15 is 0 Å². The Morgan fingerprint density at radius 1 is 1.62 bits per heavy atom. The lowest BCUT2D eigenvalue weighted by atomic mass is 10.2. The summed E-state index contributed by atoms with van der Waals surface area (Å²) >= 11 is 0. The molecule has 114 valence electrons. The monoisotopic (exact) mass is 293 g/mol. The highest BCUT2D eigenvalue weighted by Crippen LogP contribution is 2.24. The van der Waals surface area contributed by atoms with Crippen molar-refractivity contribution in [1.82, 2.24) is 14.7 Å². The van der Waals surface area contributed by atoms with E-state index in [1.807, 2.05) is 0 Å². The topological polar surface area (TPSA) is 113 Å². The zero-order valence-corrected chi connectivity index (χ0v) is 11.7. The molecule has 2 amide bonds. The second-order valence-corrected chi connectivity index (χ2v) is 4.82. The first-order valence-electron chi connectivity index (χ1n) is 6.71. The van der Waals surface area contributed by atoms with Gasteiger partial charge in [0.15, 0.2) is 5.82 Å². The van der Waals surface area contributed by atoms with Crippen LogP contribution in [0.2, 0.25) is 0 Å². The fraction of sp³-hybridized carbons (Fsp3) is 0.462. The van der Waals surface area contributed by atoms with Gasteiger partial charge in [-0.2, -0.15) is 5.10 Å². The van der Waals surface area contributed by atoms with Gasteiger partial charge in [0.25, 0.3) is 5.91 Å². The van der Waals surface area contributed by atoms with Crippen LogP contribution in [-0.4, -0.2) is 57.8 Å². The van der Waals surface area contributed by atoms with Gasteiger partial charge in [0.05, 0.1) is 12.6 Å². The number of aliphatic hydroxyl groups excluding tert-OH is 1. The summed E-state index contributed by atoms with van der Waals surface area (Å²) in [7, 11) is 0. The molecule has 0 aliphatic carbocycles. The molecular formula is C13H19N5O3. The van der Waals surface area contributed by atoms with Crippen LogP contribution >= 0.6 is 0 Å². The number of hydrogen-bond acceptors (Lipinski definition) is 5. The Labute approximate surface area is 122 Å². The summed E-state index contributed by atoms with van der Waals surface area (Å²) < 4.78 is 1.65. The van der Waals surface area contributed by atoms with Gasteiger partial charge in [-0.25, -0.2) is 0 Å². The number of anilines is 1. The van der Waals surface area contributed by atoms with E-state index in [1.54, 1.807) is 15.8 Å². The van der Waals surface area contributed by atoms with E-state index in [1.165, 1.54) is 6.08 Å². The predicted molar refractivity (Wildman–Crippen MR) is 76.8 cm³/mol. The summed E-state index contributed by atoms with van der Waals surface area (Å²) in [5.41, 5.74) is 5.60. The van der Waals surface area contributed by atoms with Gasteiger partial charge in [0.1, 0.15) is 5.56 Å². The van der Waals surface area contributed by atoms with E-state index in [9.17, 15) is 9.59 Å². The largest absolute Gasteiger partial charge is 0.395 e. The fourth-order valence-corrected chi connectivity index (χ4v) is 2.35. The summed E-state index contributed by atoms with van der Waals surface area (Å²) in [6.45, 7) is 4.82. The molecule has 2 rings (SSSR count). The van der Waals surface area contributed by atoms with Crippen LogP contribution in [0.3, 0.4) is 0 Å². The first-order chi connectivity index (χ1) is 10.1. The zero-order chi connectivity index (χ0) is 15.4. The van der Waals surface area contributed by atoms with Crippen molar-refractivity contribution in [2.45, 2.75) is 12.5 Å². The van der Waals surface area contributed by atoms with Gasteiger partial charge < -0.3 is 21.1 Å². The molecule has 1 aromatic rings. The Morgan fingerprint density at radius 3 is 3.00 bits per heavy atom. The Bertz CT molecular complexity index is 554. The number of aromatic nitrogens is 2. The number of carbonyl (C=O) groups is 2. The average molecular weight is 293 g/mol. The highest BCUT2D eigenvalue weighted by atomic mass is 16.3. The number of carbonyl (C=O) groups excluding carboxylic acids is 2. The molecular weight excluding hydrogens is 274 g/mol. The fourth-order valence-electron chi connectivity index (χ4n) is 2.35. The lowest BCUT2D eigenvalue weighted by Crippen LogP contribution is -2.27. The van der Waals surface area contributed by atoms with E-state index in [-0.39, 0.29) is 30.7 Å². The Hall–Kier alpha value is -2.35. The second kappa shape index (κ2) is 6.40. The molecule has 2 heterocycles. The standard InChI is InChI=1S/C13H19N5O3/c1-2-11(20)17-5-3-9(7-17)18-8-10(12(14)21)13(16-18)15-4-6-19/h2,8-9,19H,1,3-7H2,(H2,14,21)(H,15,16)/t9-/m0/s1. The van der Waals surface area contributed by atoms with E-state index in [0.717, 1.165) is 6.42 Å². The molecule has 1 saturated heterocycles. The Morgan fingerprint density at radius 2 is 2.38 bits per heavy atom. The van der Waals surface area contributed by atoms with Crippen LogP contribution in [0.5, 0.6) is 0 Å². The summed E-state index contributed by atoms with van der Waals surface area (Å²) in [6.07, 6.45) is 3.61. The molecule has 8 heteroatoms. The van der Waals surface area contributed by atoms with Crippen molar-refractivity contribution >= 4 is 17.6 Å². The minimum atomic E-state index is -0.585. The molecule has 4 N–H and O–H groups in total. The third-order valence-corrected chi connectivity index (χ3v) is 3.43. The van der Waals surface area contributed by atoms with Gasteiger partial charge in [-0.1, -0.05) is 6.58 Å². The molecule has 21 heavy (non-hydrogen) atoms. The summed E-state index contributed by atoms with van der Waals surface area (Å²) in [5, 5.41) is 16.0. The molecule has 1 aromatic heterocycles. The average Bonchev–Trinajstić information content (AvgIpc) is 3.10. The smallest absolute Gasteiger partial charge is 0.254 e. The molecule has 0 saturated carbocycles. The molecule has 8 nitrogen and oxygen atoms in total. The second-order valence-electron chi connectivity index (χ2n) is 4.82. The zero-order valence-electron chi connectivity index (χ0n) is 11.7. The van der Waals surface area contributed by atoms with Crippen molar-refractivity contribution in [3.63, 3.8) is 0 Å². The van der Waals surface area contributed by atoms with E-state index in [4.69, 9.17) is 10.8 Å². The first-order valence-corrected chi connectivity index (χ1v) is 6.71. The number of aliphatic hydroxyl groups is 1. The van der Waals surface area contributed by atoms with Gasteiger partial charge in [-0.3, -0.25) is 14.3 Å². The van der Waals surface area contributed by atoms with Crippen LogP contribution in [0.25, 0.3) is 0 Å². The van der Waals surface area contributed by atoms with Gasteiger partial charge >= 0.3 is 0 Å². The SMILES string of the molecule is C=CC(=O)N1CC[C@H](n2cc(C(N)=O)c(NCCO)n2)C1. The van der Waals surface area contributed by atoms with Crippen LogP contribution in [0.1, 0.15) is 22.8 Å². The summed E-state index contributed by atoms with van der Waals surface area (Å²) in [6, 6.07) is -0.00308. The van der Waals surface area contributed by atoms with Crippen LogP contribution in [0.15, 0.2) is 18.9 Å². The van der Waals surface area contributed by atoms with Crippen molar-refractivity contribution in [3.05, 3.63) is 24.4 Å².